The fourth-order valence-corrected chi connectivity index (χ4v) is 3.49. The van der Waals surface area contributed by atoms with E-state index in [1.807, 2.05) is 0 Å². The zero-order valence-corrected chi connectivity index (χ0v) is 14.6. The average Bonchev–Trinajstić information content (AvgIpc) is 2.70. The van der Waals surface area contributed by atoms with Crippen molar-refractivity contribution in [3.05, 3.63) is 29.3 Å². The first-order valence-corrected chi connectivity index (χ1v) is 8.50. The van der Waals surface area contributed by atoms with Gasteiger partial charge in [-0.25, -0.2) is 0 Å². The quantitative estimate of drug-likeness (QED) is 0.799. The topological polar surface area (TPSA) is 69.6 Å². The van der Waals surface area contributed by atoms with Crippen molar-refractivity contribution < 1.29 is 27.9 Å². The molecule has 2 aliphatic heterocycles. The number of aliphatic hydroxyl groups is 1. The molecule has 2 heterocycles. The fourth-order valence-electron chi connectivity index (χ4n) is 3.49. The van der Waals surface area contributed by atoms with E-state index < -0.39 is 35.9 Å². The molecule has 1 atom stereocenters. The van der Waals surface area contributed by atoms with Crippen LogP contribution in [0, 0.1) is 0 Å². The number of rotatable bonds is 1. The van der Waals surface area contributed by atoms with Gasteiger partial charge in [0, 0.05) is 30.8 Å². The van der Waals surface area contributed by atoms with Gasteiger partial charge < -0.3 is 15.3 Å². The Morgan fingerprint density at radius 1 is 1.23 bits per heavy atom. The minimum Gasteiger partial charge on any atom is -0.380 e. The maximum Gasteiger partial charge on any atom is 0.417 e. The van der Waals surface area contributed by atoms with Gasteiger partial charge in [-0.3, -0.25) is 9.59 Å². The molecule has 0 radical (unpaired) electrons. The Kier molecular flexibility index (Phi) is 4.29. The molecular formula is C18H21F3N2O3. The number of hydrogen-bond donors (Lipinski definition) is 2. The molecule has 1 saturated heterocycles. The lowest BCUT2D eigenvalue weighted by Gasteiger charge is -2.29. The molecule has 5 nitrogen and oxygen atoms in total. The van der Waals surface area contributed by atoms with Gasteiger partial charge in [0.25, 0.3) is 5.91 Å². The van der Waals surface area contributed by atoms with Crippen molar-refractivity contribution in [3.63, 3.8) is 0 Å². The molecule has 26 heavy (non-hydrogen) atoms. The second-order valence-electron chi connectivity index (χ2n) is 7.51. The average molecular weight is 370 g/mol. The van der Waals surface area contributed by atoms with Crippen molar-refractivity contribution in [2.75, 3.05) is 18.4 Å². The lowest BCUT2D eigenvalue weighted by molar-refractivity contribution is -0.263. The number of hydrogen-bond acceptors (Lipinski definition) is 3. The van der Waals surface area contributed by atoms with Crippen LogP contribution in [0.5, 0.6) is 0 Å². The molecule has 8 heteroatoms. The number of nitrogens with one attached hydrogen (secondary N) is 1. The molecule has 1 aromatic rings. The number of benzene rings is 1. The SMILES string of the molecule is CC1(C)C(=O)Nc2ccc(C(=O)N3CCCC(O)(C(F)(F)F)CC3)cc21. The van der Waals surface area contributed by atoms with Crippen molar-refractivity contribution in [1.82, 2.24) is 4.90 Å². The molecule has 3 rings (SSSR count). The van der Waals surface area contributed by atoms with Gasteiger partial charge in [-0.05, 0) is 50.5 Å². The smallest absolute Gasteiger partial charge is 0.380 e. The van der Waals surface area contributed by atoms with Crippen molar-refractivity contribution in [3.8, 4) is 0 Å². The lowest BCUT2D eigenvalue weighted by Crippen LogP contribution is -2.46. The predicted octanol–water partition coefficient (Wildman–Crippen LogP) is 2.84. The Labute approximate surface area is 149 Å². The number of amides is 2. The summed E-state index contributed by atoms with van der Waals surface area (Å²) in [7, 11) is 0. The van der Waals surface area contributed by atoms with E-state index >= 15 is 0 Å². The number of halogens is 3. The van der Waals surface area contributed by atoms with Gasteiger partial charge in [-0.1, -0.05) is 0 Å². The van der Waals surface area contributed by atoms with Gasteiger partial charge in [-0.2, -0.15) is 13.2 Å². The van der Waals surface area contributed by atoms with Crippen LogP contribution in [0.3, 0.4) is 0 Å². The standard InChI is InChI=1S/C18H21F3N2O3/c1-16(2)12-10-11(4-5-13(12)22-15(16)25)14(24)23-8-3-6-17(26,7-9-23)18(19,20)21/h4-5,10,26H,3,6-9H2,1-2H3,(H,22,25). The summed E-state index contributed by atoms with van der Waals surface area (Å²) in [6.45, 7) is 3.47. The van der Waals surface area contributed by atoms with E-state index in [4.69, 9.17) is 0 Å². The first-order valence-electron chi connectivity index (χ1n) is 8.50. The van der Waals surface area contributed by atoms with Crippen LogP contribution in [-0.2, 0) is 10.2 Å². The van der Waals surface area contributed by atoms with E-state index in [0.717, 1.165) is 0 Å². The molecule has 0 aromatic heterocycles. The third-order valence-corrected chi connectivity index (χ3v) is 5.38. The Morgan fingerprint density at radius 2 is 1.92 bits per heavy atom. The lowest BCUT2D eigenvalue weighted by atomic mass is 9.85. The third-order valence-electron chi connectivity index (χ3n) is 5.38. The molecule has 0 bridgehead atoms. The maximum absolute atomic E-state index is 13.0. The minimum atomic E-state index is -4.71. The number of alkyl halides is 3. The molecule has 0 spiro atoms. The van der Waals surface area contributed by atoms with E-state index in [0.29, 0.717) is 16.8 Å². The summed E-state index contributed by atoms with van der Waals surface area (Å²) in [6.07, 6.45) is -5.61. The molecular weight excluding hydrogens is 349 g/mol. The maximum atomic E-state index is 13.0. The zero-order chi connectivity index (χ0) is 19.3. The highest BCUT2D eigenvalue weighted by Crippen LogP contribution is 2.40. The summed E-state index contributed by atoms with van der Waals surface area (Å²) < 4.78 is 39.1. The van der Waals surface area contributed by atoms with E-state index in [-0.39, 0.29) is 25.4 Å². The largest absolute Gasteiger partial charge is 0.417 e. The summed E-state index contributed by atoms with van der Waals surface area (Å²) >= 11 is 0. The van der Waals surface area contributed by atoms with Gasteiger partial charge in [0.15, 0.2) is 5.60 Å². The molecule has 0 aliphatic carbocycles. The minimum absolute atomic E-state index is 0.0677. The van der Waals surface area contributed by atoms with Crippen molar-refractivity contribution >= 4 is 17.5 Å². The van der Waals surface area contributed by atoms with Crippen LogP contribution >= 0.6 is 0 Å². The highest BCUT2D eigenvalue weighted by atomic mass is 19.4. The van der Waals surface area contributed by atoms with Crippen LogP contribution in [-0.4, -0.2) is 46.7 Å². The predicted molar refractivity (Wildman–Crippen MR) is 88.9 cm³/mol. The van der Waals surface area contributed by atoms with Gasteiger partial charge in [0.05, 0.1) is 5.41 Å². The number of nitrogens with zero attached hydrogens (tertiary/aromatic N) is 1. The van der Waals surface area contributed by atoms with Crippen molar-refractivity contribution in [2.24, 2.45) is 0 Å². The number of carbonyl (C=O) groups is 2. The van der Waals surface area contributed by atoms with Crippen molar-refractivity contribution in [2.45, 2.75) is 50.3 Å². The molecule has 1 aromatic carbocycles. The molecule has 142 valence electrons. The van der Waals surface area contributed by atoms with Crippen LogP contribution in [0.15, 0.2) is 18.2 Å². The third kappa shape index (κ3) is 2.96. The van der Waals surface area contributed by atoms with Gasteiger partial charge in [0.1, 0.15) is 0 Å². The van der Waals surface area contributed by atoms with Gasteiger partial charge in [0.2, 0.25) is 5.91 Å². The number of fused-ring (bicyclic) bond motifs is 1. The normalized spacial score (nSPS) is 25.5. The summed E-state index contributed by atoms with van der Waals surface area (Å²) in [5.74, 6) is -0.559. The summed E-state index contributed by atoms with van der Waals surface area (Å²) in [4.78, 5) is 26.1. The zero-order valence-electron chi connectivity index (χ0n) is 14.6. The summed E-state index contributed by atoms with van der Waals surface area (Å²) in [5.41, 5.74) is -1.88. The number of likely N-dealkylation sites (tertiary alicyclic amines) is 1. The Balaban J connectivity index is 1.81. The first-order chi connectivity index (χ1) is 12.0. The Hall–Kier alpha value is -2.09. The van der Waals surface area contributed by atoms with E-state index in [1.165, 1.54) is 4.90 Å². The number of anilines is 1. The van der Waals surface area contributed by atoms with Crippen LogP contribution in [0.25, 0.3) is 0 Å². The van der Waals surface area contributed by atoms with Gasteiger partial charge >= 0.3 is 6.18 Å². The Morgan fingerprint density at radius 3 is 2.58 bits per heavy atom. The van der Waals surface area contributed by atoms with Gasteiger partial charge in [-0.15, -0.1) is 0 Å². The molecule has 0 saturated carbocycles. The van der Waals surface area contributed by atoms with E-state index in [1.54, 1.807) is 32.0 Å². The van der Waals surface area contributed by atoms with E-state index in [2.05, 4.69) is 5.32 Å². The molecule has 2 aliphatic rings. The molecule has 1 unspecified atom stereocenters. The summed E-state index contributed by atoms with van der Waals surface area (Å²) in [6, 6.07) is 4.82. The Bertz CT molecular complexity index is 761. The second-order valence-corrected chi connectivity index (χ2v) is 7.51. The van der Waals surface area contributed by atoms with Crippen molar-refractivity contribution in [1.29, 1.82) is 0 Å². The first kappa shape index (κ1) is 18.7. The fraction of sp³-hybridized carbons (Fsp3) is 0.556. The molecule has 2 N–H and O–H groups in total. The highest BCUT2D eigenvalue weighted by Gasteiger charge is 2.53. The van der Waals surface area contributed by atoms with Crippen LogP contribution < -0.4 is 5.32 Å². The highest BCUT2D eigenvalue weighted by molar-refractivity contribution is 6.07. The van der Waals surface area contributed by atoms with Crippen LogP contribution in [0.4, 0.5) is 18.9 Å². The van der Waals surface area contributed by atoms with Crippen LogP contribution in [0.2, 0.25) is 0 Å². The molecule has 2 amide bonds. The van der Waals surface area contributed by atoms with Crippen LogP contribution in [0.1, 0.15) is 49.0 Å². The monoisotopic (exact) mass is 370 g/mol. The van der Waals surface area contributed by atoms with E-state index in [9.17, 15) is 27.9 Å². The summed E-state index contributed by atoms with van der Waals surface area (Å²) in [5, 5.41) is 12.6. The molecule has 1 fully saturated rings. The number of carbonyl (C=O) groups excluding carboxylic acids is 2. The second kappa shape index (κ2) is 5.97.